The van der Waals surface area contributed by atoms with Crippen molar-refractivity contribution >= 4 is 10.0 Å². The Balaban J connectivity index is 2.02. The van der Waals surface area contributed by atoms with Crippen LogP contribution in [-0.4, -0.2) is 68.7 Å². The van der Waals surface area contributed by atoms with Crippen molar-refractivity contribution in [2.45, 2.75) is 45.7 Å². The molecule has 5 nitrogen and oxygen atoms in total. The lowest BCUT2D eigenvalue weighted by Gasteiger charge is -2.48. The second-order valence-electron chi connectivity index (χ2n) is 6.91. The van der Waals surface area contributed by atoms with Gasteiger partial charge in [-0.15, -0.1) is 0 Å². The summed E-state index contributed by atoms with van der Waals surface area (Å²) < 4.78 is 24.9. The van der Waals surface area contributed by atoms with Crippen LogP contribution in [0, 0.1) is 11.8 Å². The summed E-state index contributed by atoms with van der Waals surface area (Å²) >= 11 is 0. The molecule has 1 aliphatic heterocycles. The topological polar surface area (TPSA) is 52.6 Å². The zero-order valence-electron chi connectivity index (χ0n) is 13.9. The van der Waals surface area contributed by atoms with Gasteiger partial charge in [-0.1, -0.05) is 20.8 Å². The average Bonchev–Trinajstić information content (AvgIpc) is 2.37. The largest absolute Gasteiger partial charge is 0.313 e. The smallest absolute Gasteiger partial charge is 0.211 e. The highest BCUT2D eigenvalue weighted by molar-refractivity contribution is 7.88. The van der Waals surface area contributed by atoms with E-state index in [1.165, 1.54) is 19.1 Å². The summed E-state index contributed by atoms with van der Waals surface area (Å²) in [5.41, 5.74) is 0. The maximum atomic E-state index is 11.6. The summed E-state index contributed by atoms with van der Waals surface area (Å²) in [5, 5.41) is 3.66. The van der Waals surface area contributed by atoms with Crippen LogP contribution in [0.3, 0.4) is 0 Å². The molecule has 1 aliphatic carbocycles. The quantitative estimate of drug-likeness (QED) is 0.840. The van der Waals surface area contributed by atoms with Gasteiger partial charge in [0.15, 0.2) is 0 Å². The Kier molecular flexibility index (Phi) is 5.68. The Morgan fingerprint density at radius 2 is 1.71 bits per heavy atom. The van der Waals surface area contributed by atoms with Gasteiger partial charge in [0, 0.05) is 38.3 Å². The van der Waals surface area contributed by atoms with Gasteiger partial charge < -0.3 is 5.32 Å². The van der Waals surface area contributed by atoms with E-state index in [4.69, 9.17) is 0 Å². The molecule has 2 fully saturated rings. The first kappa shape index (κ1) is 17.2. The highest BCUT2D eigenvalue weighted by Gasteiger charge is 2.38. The molecule has 0 aromatic carbocycles. The van der Waals surface area contributed by atoms with E-state index in [1.807, 2.05) is 0 Å². The molecular weight excluding hydrogens is 286 g/mol. The second kappa shape index (κ2) is 6.94. The van der Waals surface area contributed by atoms with Crippen LogP contribution in [0.15, 0.2) is 0 Å². The summed E-state index contributed by atoms with van der Waals surface area (Å²) in [6, 6.07) is 1.08. The van der Waals surface area contributed by atoms with Gasteiger partial charge in [0.05, 0.1) is 6.26 Å². The second-order valence-corrected chi connectivity index (χ2v) is 8.89. The molecule has 0 radical (unpaired) electrons. The van der Waals surface area contributed by atoms with Gasteiger partial charge >= 0.3 is 0 Å². The van der Waals surface area contributed by atoms with Crippen LogP contribution in [0.25, 0.3) is 0 Å². The third-order valence-electron chi connectivity index (χ3n) is 5.06. The Bertz CT molecular complexity index is 432. The number of hydrogen-bond donors (Lipinski definition) is 1. The molecule has 2 aliphatic rings. The van der Waals surface area contributed by atoms with E-state index in [9.17, 15) is 8.42 Å². The average molecular weight is 317 g/mol. The fraction of sp³-hybridized carbons (Fsp3) is 1.00. The number of likely N-dealkylation sites (N-methyl/N-ethyl adjacent to an activating group) is 1. The number of nitrogens with one attached hydrogen (secondary N) is 1. The first-order valence-electron chi connectivity index (χ1n) is 8.25. The van der Waals surface area contributed by atoms with Crippen LogP contribution >= 0.6 is 0 Å². The number of rotatable bonds is 4. The van der Waals surface area contributed by atoms with Crippen LogP contribution in [0.1, 0.15) is 33.6 Å². The molecule has 4 atom stereocenters. The van der Waals surface area contributed by atoms with Crippen LogP contribution < -0.4 is 5.32 Å². The number of nitrogens with zero attached hydrogens (tertiary/aromatic N) is 2. The van der Waals surface area contributed by atoms with Gasteiger partial charge in [-0.05, 0) is 31.2 Å². The van der Waals surface area contributed by atoms with Gasteiger partial charge in [-0.3, -0.25) is 4.90 Å². The zero-order chi connectivity index (χ0) is 15.6. The van der Waals surface area contributed by atoms with Crippen LogP contribution in [0.2, 0.25) is 0 Å². The minimum atomic E-state index is -3.04. The summed E-state index contributed by atoms with van der Waals surface area (Å²) in [6.45, 7) is 10.9. The van der Waals surface area contributed by atoms with E-state index >= 15 is 0 Å². The summed E-state index contributed by atoms with van der Waals surface area (Å²) in [6.07, 6.45) is 3.82. The van der Waals surface area contributed by atoms with Gasteiger partial charge in [-0.2, -0.15) is 4.31 Å². The number of piperazine rings is 1. The molecule has 0 spiro atoms. The van der Waals surface area contributed by atoms with E-state index in [0.717, 1.165) is 25.6 Å². The van der Waals surface area contributed by atoms with Crippen molar-refractivity contribution in [2.75, 3.05) is 39.0 Å². The predicted molar refractivity (Wildman–Crippen MR) is 86.8 cm³/mol. The fourth-order valence-electron chi connectivity index (χ4n) is 4.25. The SMILES string of the molecule is CCNC1CC(C)CC(C)C1N1CCN(S(C)(=O)=O)CC1. The van der Waals surface area contributed by atoms with Crippen molar-refractivity contribution in [1.82, 2.24) is 14.5 Å². The minimum absolute atomic E-state index is 0.540. The van der Waals surface area contributed by atoms with Crippen LogP contribution in [0.4, 0.5) is 0 Å². The Hall–Kier alpha value is -0.170. The first-order chi connectivity index (χ1) is 9.82. The van der Waals surface area contributed by atoms with Gasteiger partial charge in [0.2, 0.25) is 10.0 Å². The highest BCUT2D eigenvalue weighted by Crippen LogP contribution is 2.33. The van der Waals surface area contributed by atoms with Crippen molar-refractivity contribution < 1.29 is 8.42 Å². The Morgan fingerprint density at radius 3 is 2.24 bits per heavy atom. The fourth-order valence-corrected chi connectivity index (χ4v) is 5.08. The van der Waals surface area contributed by atoms with Crippen molar-refractivity contribution in [3.8, 4) is 0 Å². The summed E-state index contributed by atoms with van der Waals surface area (Å²) in [5.74, 6) is 1.44. The first-order valence-corrected chi connectivity index (χ1v) is 10.1. The molecular formula is C15H31N3O2S. The van der Waals surface area contributed by atoms with E-state index in [1.54, 1.807) is 4.31 Å². The molecule has 0 aromatic rings. The third-order valence-corrected chi connectivity index (χ3v) is 6.36. The molecule has 4 unspecified atom stereocenters. The Morgan fingerprint density at radius 1 is 1.10 bits per heavy atom. The van der Waals surface area contributed by atoms with E-state index in [-0.39, 0.29) is 0 Å². The molecule has 1 saturated carbocycles. The third kappa shape index (κ3) is 4.18. The normalized spacial score (nSPS) is 36.8. The predicted octanol–water partition coefficient (Wildman–Crippen LogP) is 0.976. The number of hydrogen-bond acceptors (Lipinski definition) is 4. The minimum Gasteiger partial charge on any atom is -0.313 e. The molecule has 124 valence electrons. The standard InChI is InChI=1S/C15H31N3O2S/c1-5-16-14-11-12(2)10-13(3)15(14)17-6-8-18(9-7-17)21(4,19)20/h12-16H,5-11H2,1-4H3. The van der Waals surface area contributed by atoms with Gasteiger partial charge in [0.1, 0.15) is 0 Å². The monoisotopic (exact) mass is 317 g/mol. The zero-order valence-corrected chi connectivity index (χ0v) is 14.7. The van der Waals surface area contributed by atoms with Crippen molar-refractivity contribution in [3.63, 3.8) is 0 Å². The molecule has 2 rings (SSSR count). The lowest BCUT2D eigenvalue weighted by Crippen LogP contribution is -2.61. The molecule has 1 saturated heterocycles. The van der Waals surface area contributed by atoms with Crippen molar-refractivity contribution in [2.24, 2.45) is 11.8 Å². The maximum absolute atomic E-state index is 11.6. The lowest BCUT2D eigenvalue weighted by atomic mass is 9.75. The Labute approximate surface area is 130 Å². The molecule has 1 heterocycles. The van der Waals surface area contributed by atoms with E-state index in [0.29, 0.717) is 31.1 Å². The molecule has 0 bridgehead atoms. The van der Waals surface area contributed by atoms with Gasteiger partial charge in [0.25, 0.3) is 0 Å². The van der Waals surface area contributed by atoms with Crippen molar-refractivity contribution in [1.29, 1.82) is 0 Å². The van der Waals surface area contributed by atoms with E-state index < -0.39 is 10.0 Å². The highest BCUT2D eigenvalue weighted by atomic mass is 32.2. The molecule has 21 heavy (non-hydrogen) atoms. The summed E-state index contributed by atoms with van der Waals surface area (Å²) in [7, 11) is -3.04. The molecule has 0 amide bonds. The number of sulfonamides is 1. The molecule has 0 aromatic heterocycles. The summed E-state index contributed by atoms with van der Waals surface area (Å²) in [4.78, 5) is 2.52. The molecule has 1 N–H and O–H groups in total. The maximum Gasteiger partial charge on any atom is 0.211 e. The van der Waals surface area contributed by atoms with E-state index in [2.05, 4.69) is 31.0 Å². The van der Waals surface area contributed by atoms with Gasteiger partial charge in [-0.25, -0.2) is 8.42 Å². The lowest BCUT2D eigenvalue weighted by molar-refractivity contribution is 0.0402. The van der Waals surface area contributed by atoms with Crippen LogP contribution in [-0.2, 0) is 10.0 Å². The molecule has 6 heteroatoms. The van der Waals surface area contributed by atoms with Crippen LogP contribution in [0.5, 0.6) is 0 Å². The van der Waals surface area contributed by atoms with Crippen molar-refractivity contribution in [3.05, 3.63) is 0 Å².